The van der Waals surface area contributed by atoms with Crippen molar-refractivity contribution in [3.05, 3.63) is 58.4 Å². The molecule has 0 N–H and O–H groups in total. The molecule has 0 unspecified atom stereocenters. The highest BCUT2D eigenvalue weighted by molar-refractivity contribution is 6.31. The summed E-state index contributed by atoms with van der Waals surface area (Å²) in [5.41, 5.74) is -3.62. The number of piperidine rings is 1. The molecule has 1 aliphatic heterocycles. The number of alkyl halides is 1. The highest BCUT2D eigenvalue weighted by atomic mass is 35.5. The van der Waals surface area contributed by atoms with Crippen molar-refractivity contribution in [3.63, 3.8) is 0 Å². The minimum Gasteiger partial charge on any atom is -0.338 e. The van der Waals surface area contributed by atoms with E-state index in [0.717, 1.165) is 30.6 Å². The topological polar surface area (TPSA) is 46.1 Å². The molecule has 0 aliphatic carbocycles. The summed E-state index contributed by atoms with van der Waals surface area (Å²) in [6, 6.07) is 2.65. The van der Waals surface area contributed by atoms with E-state index in [2.05, 4.69) is 9.97 Å². The van der Waals surface area contributed by atoms with Gasteiger partial charge in [0.15, 0.2) is 0 Å². The van der Waals surface area contributed by atoms with E-state index in [9.17, 15) is 9.18 Å². The van der Waals surface area contributed by atoms with E-state index < -0.39 is 79.6 Å². The van der Waals surface area contributed by atoms with Gasteiger partial charge in [-0.15, -0.1) is 0 Å². The van der Waals surface area contributed by atoms with Crippen molar-refractivity contribution in [1.82, 2.24) is 14.9 Å². The Morgan fingerprint density at radius 2 is 2.04 bits per heavy atom. The van der Waals surface area contributed by atoms with Crippen LogP contribution in [0.15, 0.2) is 30.6 Å². The Labute approximate surface area is 183 Å². The lowest BCUT2D eigenvalue weighted by Gasteiger charge is -2.36. The second kappa shape index (κ2) is 8.95. The largest absolute Gasteiger partial charge is 0.338 e. The predicted molar refractivity (Wildman–Crippen MR) is 105 cm³/mol. The zero-order valence-electron chi connectivity index (χ0n) is 24.9. The summed E-state index contributed by atoms with van der Waals surface area (Å²) in [7, 11) is 0. The minimum atomic E-state index is -3.29. The van der Waals surface area contributed by atoms with Crippen LogP contribution in [0, 0.1) is 5.82 Å². The fourth-order valence-electron chi connectivity index (χ4n) is 2.38. The van der Waals surface area contributed by atoms with Crippen molar-refractivity contribution in [3.8, 4) is 0 Å². The molecule has 0 radical (unpaired) electrons. The number of halogens is 3. The van der Waals surface area contributed by atoms with E-state index in [0.29, 0.717) is 0 Å². The van der Waals surface area contributed by atoms with Gasteiger partial charge in [0, 0.05) is 51.0 Å². The Morgan fingerprint density at radius 3 is 2.64 bits per heavy atom. The third-order valence-corrected chi connectivity index (χ3v) is 4.29. The first-order chi connectivity index (χ1) is 17.0. The summed E-state index contributed by atoms with van der Waals surface area (Å²) in [6.07, 6.45) is -9.58. The average Bonchev–Trinajstić information content (AvgIpc) is 2.72. The molecular formula is C21H24ClF2N3O. The molecule has 3 rings (SSSR count). The zero-order valence-corrected chi connectivity index (χ0v) is 15.6. The predicted octanol–water partition coefficient (Wildman–Crippen LogP) is 4.80. The molecule has 7 heteroatoms. The van der Waals surface area contributed by atoms with E-state index in [1.54, 1.807) is 0 Å². The van der Waals surface area contributed by atoms with E-state index in [1.165, 1.54) is 6.92 Å². The summed E-state index contributed by atoms with van der Waals surface area (Å²) in [5, 5.41) is -0.474. The lowest BCUT2D eigenvalue weighted by Crippen LogP contribution is -2.44. The van der Waals surface area contributed by atoms with Gasteiger partial charge in [0.05, 0.1) is 5.02 Å². The summed E-state index contributed by atoms with van der Waals surface area (Å²) in [4.78, 5) is 20.6. The van der Waals surface area contributed by atoms with Crippen LogP contribution in [0.4, 0.5) is 8.78 Å². The van der Waals surface area contributed by atoms with E-state index >= 15 is 4.39 Å². The van der Waals surface area contributed by atoms with Gasteiger partial charge in [-0.05, 0) is 55.8 Å². The maximum absolute atomic E-state index is 16.2. The van der Waals surface area contributed by atoms with Gasteiger partial charge in [-0.1, -0.05) is 18.5 Å². The van der Waals surface area contributed by atoms with E-state index in [1.807, 2.05) is 0 Å². The first kappa shape index (κ1) is 11.2. The summed E-state index contributed by atoms with van der Waals surface area (Å²) < 4.78 is 111. The molecule has 28 heavy (non-hydrogen) atoms. The number of amides is 1. The molecule has 0 saturated carbocycles. The first-order valence-electron chi connectivity index (χ1n) is 13.3. The number of benzene rings is 1. The standard InChI is InChI=1S/C21H24ClF2N3O/c1-2-15-13-25-19(26-14-15)4-3-7-21(24)8-10-27(11-9-21)20(28)16-5-6-18(23)17(22)12-16/h5-6,12-14H,2-4,7-11H2,1H3/i2D2,4D2,7D2,10D2,11D2. The van der Waals surface area contributed by atoms with Crippen LogP contribution in [0.1, 0.15) is 68.0 Å². The highest BCUT2D eigenvalue weighted by Crippen LogP contribution is 2.32. The van der Waals surface area contributed by atoms with Crippen LogP contribution < -0.4 is 0 Å². The molecule has 2 aromatic rings. The molecule has 0 bridgehead atoms. The summed E-state index contributed by atoms with van der Waals surface area (Å²) in [6.45, 7) is -4.94. The maximum atomic E-state index is 16.2. The van der Waals surface area contributed by atoms with Crippen LogP contribution in [-0.2, 0) is 12.7 Å². The Kier molecular flexibility index (Phi) is 3.58. The van der Waals surface area contributed by atoms with E-state index in [-0.39, 0.29) is 16.0 Å². The van der Waals surface area contributed by atoms with Crippen molar-refractivity contribution >= 4 is 17.5 Å². The van der Waals surface area contributed by atoms with E-state index in [4.69, 9.17) is 25.3 Å². The van der Waals surface area contributed by atoms with Crippen LogP contribution in [0.3, 0.4) is 0 Å². The molecule has 1 aromatic heterocycles. The lowest BCUT2D eigenvalue weighted by molar-refractivity contribution is 0.0389. The number of nitrogens with zero attached hydrogens (tertiary/aromatic N) is 3. The number of rotatable bonds is 6. The second-order valence-electron chi connectivity index (χ2n) is 5.98. The minimum absolute atomic E-state index is 0.0305. The Balaban J connectivity index is 1.91. The summed E-state index contributed by atoms with van der Waals surface area (Å²) in [5.74, 6) is -2.70. The lowest BCUT2D eigenvalue weighted by atomic mass is 9.88. The molecule has 4 nitrogen and oxygen atoms in total. The van der Waals surface area contributed by atoms with Gasteiger partial charge in [0.25, 0.3) is 5.91 Å². The second-order valence-corrected chi connectivity index (χ2v) is 6.39. The molecule has 150 valence electrons. The fourth-order valence-corrected chi connectivity index (χ4v) is 2.56. The fraction of sp³-hybridized carbons (Fsp3) is 0.476. The monoisotopic (exact) mass is 417 g/mol. The molecule has 0 atom stereocenters. The molecule has 0 spiro atoms. The number of aromatic nitrogens is 2. The van der Waals surface area contributed by atoms with Gasteiger partial charge >= 0.3 is 0 Å². The van der Waals surface area contributed by atoms with Crippen LogP contribution in [0.2, 0.25) is 5.02 Å². The smallest absolute Gasteiger partial charge is 0.253 e. The summed E-state index contributed by atoms with van der Waals surface area (Å²) >= 11 is 5.68. The zero-order chi connectivity index (χ0) is 29.1. The van der Waals surface area contributed by atoms with Crippen LogP contribution in [0.5, 0.6) is 0 Å². The molecule has 1 amide bonds. The molecule has 1 fully saturated rings. The molecule has 1 aromatic carbocycles. The highest BCUT2D eigenvalue weighted by Gasteiger charge is 2.35. The van der Waals surface area contributed by atoms with Crippen LogP contribution >= 0.6 is 11.6 Å². The third-order valence-electron chi connectivity index (χ3n) is 4.00. The average molecular weight is 418 g/mol. The van der Waals surface area contributed by atoms with Crippen molar-refractivity contribution in [2.75, 3.05) is 13.0 Å². The molecule has 1 aliphatic rings. The van der Waals surface area contributed by atoms with Crippen molar-refractivity contribution < 1.29 is 27.3 Å². The number of aryl methyl sites for hydroxylation is 2. The Morgan fingerprint density at radius 1 is 1.36 bits per heavy atom. The number of likely N-dealkylation sites (tertiary alicyclic amines) is 1. The van der Waals surface area contributed by atoms with Crippen molar-refractivity contribution in [1.29, 1.82) is 0 Å². The quantitative estimate of drug-likeness (QED) is 0.678. The number of hydrogen-bond acceptors (Lipinski definition) is 3. The molecular weight excluding hydrogens is 384 g/mol. The first-order valence-corrected chi connectivity index (χ1v) is 8.72. The Hall–Kier alpha value is -2.08. The number of carbonyl (C=O) groups is 1. The van der Waals surface area contributed by atoms with Gasteiger partial charge in [-0.25, -0.2) is 18.7 Å². The van der Waals surface area contributed by atoms with Gasteiger partial charge in [-0.3, -0.25) is 4.79 Å². The number of hydrogen-bond donors (Lipinski definition) is 0. The third kappa shape index (κ3) is 5.04. The van der Waals surface area contributed by atoms with Gasteiger partial charge in [0.1, 0.15) is 17.3 Å². The number of carbonyl (C=O) groups excluding carboxylic acids is 1. The Bertz CT molecular complexity index is 1210. The van der Waals surface area contributed by atoms with Gasteiger partial charge in [-0.2, -0.15) is 0 Å². The molecule has 2 heterocycles. The van der Waals surface area contributed by atoms with Crippen molar-refractivity contribution in [2.24, 2.45) is 0 Å². The maximum Gasteiger partial charge on any atom is 0.253 e. The van der Waals surface area contributed by atoms with Crippen LogP contribution in [0.25, 0.3) is 0 Å². The SMILES string of the molecule is [2H]C([2H])(C)c1cnc(C([2H])([2H])CC([2H])([2H])C2(F)CC([2H])([2H])N(C(=O)c3ccc(F)c(Cl)c3)C([2H])([2H])C2)nc1. The molecule has 1 saturated heterocycles. The van der Waals surface area contributed by atoms with Crippen LogP contribution in [-0.4, -0.2) is 39.4 Å². The van der Waals surface area contributed by atoms with Gasteiger partial charge in [0.2, 0.25) is 0 Å². The van der Waals surface area contributed by atoms with Crippen molar-refractivity contribution in [2.45, 2.75) is 51.0 Å². The van der Waals surface area contributed by atoms with Gasteiger partial charge < -0.3 is 4.90 Å². The normalized spacial score (nSPS) is 26.6.